The van der Waals surface area contributed by atoms with Gasteiger partial charge < -0.3 is 23.7 Å². The molecule has 3 aromatic rings. The predicted octanol–water partition coefficient (Wildman–Crippen LogP) is 3.21. The molecule has 0 saturated carbocycles. The first-order valence-corrected chi connectivity index (χ1v) is 8.53. The minimum atomic E-state index is -0.839. The Morgan fingerprint density at radius 3 is 2.54 bits per heavy atom. The highest BCUT2D eigenvalue weighted by Crippen LogP contribution is 2.40. The van der Waals surface area contributed by atoms with Crippen molar-refractivity contribution in [2.45, 2.75) is 12.3 Å². The second kappa shape index (κ2) is 8.04. The SMILES string of the molecule is COC(=O)C[C@H](c1ccc(OC)cc1OC)c1c(O)c2ccccc2oc1=O. The van der Waals surface area contributed by atoms with Crippen molar-refractivity contribution in [3.63, 3.8) is 0 Å². The van der Waals surface area contributed by atoms with Gasteiger partial charge in [-0.05, 0) is 18.2 Å². The first-order valence-electron chi connectivity index (χ1n) is 8.53. The molecule has 1 aromatic heterocycles. The minimum absolute atomic E-state index is 0.0347. The highest BCUT2D eigenvalue weighted by atomic mass is 16.5. The molecule has 1 atom stereocenters. The third-order valence-electron chi connectivity index (χ3n) is 4.58. The zero-order valence-corrected chi connectivity index (χ0v) is 15.7. The Balaban J connectivity index is 2.27. The Hall–Kier alpha value is -3.48. The molecule has 0 aliphatic carbocycles. The maximum atomic E-state index is 12.7. The monoisotopic (exact) mass is 384 g/mol. The topological polar surface area (TPSA) is 95.2 Å². The fraction of sp³-hybridized carbons (Fsp3) is 0.238. The number of rotatable bonds is 6. The number of carbonyl (C=O) groups excluding carboxylic acids is 1. The van der Waals surface area contributed by atoms with Crippen molar-refractivity contribution in [3.05, 3.63) is 64.0 Å². The van der Waals surface area contributed by atoms with Gasteiger partial charge in [-0.2, -0.15) is 0 Å². The Morgan fingerprint density at radius 2 is 1.86 bits per heavy atom. The number of ether oxygens (including phenoxy) is 3. The number of aromatic hydroxyl groups is 1. The van der Waals surface area contributed by atoms with E-state index in [1.807, 2.05) is 0 Å². The van der Waals surface area contributed by atoms with E-state index in [0.29, 0.717) is 22.4 Å². The number of methoxy groups -OCH3 is 3. The van der Waals surface area contributed by atoms with Gasteiger partial charge in [-0.25, -0.2) is 4.79 Å². The molecule has 1 N–H and O–H groups in total. The van der Waals surface area contributed by atoms with Gasteiger partial charge in [0.25, 0.3) is 0 Å². The third-order valence-corrected chi connectivity index (χ3v) is 4.58. The summed E-state index contributed by atoms with van der Waals surface area (Å²) < 4.78 is 20.8. The number of para-hydroxylation sites is 1. The number of carbonyl (C=O) groups is 1. The van der Waals surface area contributed by atoms with Gasteiger partial charge in [-0.15, -0.1) is 0 Å². The van der Waals surface area contributed by atoms with Crippen LogP contribution < -0.4 is 15.1 Å². The fourth-order valence-corrected chi connectivity index (χ4v) is 3.18. The van der Waals surface area contributed by atoms with Crippen LogP contribution in [0, 0.1) is 0 Å². The van der Waals surface area contributed by atoms with Gasteiger partial charge >= 0.3 is 11.6 Å². The second-order valence-corrected chi connectivity index (χ2v) is 6.09. The summed E-state index contributed by atoms with van der Waals surface area (Å²) in [6.07, 6.45) is -0.185. The normalized spacial score (nSPS) is 11.8. The molecule has 7 heteroatoms. The van der Waals surface area contributed by atoms with Gasteiger partial charge in [-0.1, -0.05) is 18.2 Å². The van der Waals surface area contributed by atoms with Crippen molar-refractivity contribution in [2.24, 2.45) is 0 Å². The van der Waals surface area contributed by atoms with Crippen LogP contribution in [0.5, 0.6) is 17.2 Å². The highest BCUT2D eigenvalue weighted by molar-refractivity contribution is 5.85. The lowest BCUT2D eigenvalue weighted by molar-refractivity contribution is -0.140. The zero-order chi connectivity index (χ0) is 20.3. The lowest BCUT2D eigenvalue weighted by Crippen LogP contribution is -2.18. The molecule has 7 nitrogen and oxygen atoms in total. The molecule has 0 aliphatic rings. The van der Waals surface area contributed by atoms with Gasteiger partial charge in [0, 0.05) is 17.5 Å². The van der Waals surface area contributed by atoms with Crippen molar-refractivity contribution in [1.29, 1.82) is 0 Å². The average molecular weight is 384 g/mol. The molecule has 1 heterocycles. The Kier molecular flexibility index (Phi) is 5.54. The summed E-state index contributed by atoms with van der Waals surface area (Å²) in [5.41, 5.74) is 0.00869. The minimum Gasteiger partial charge on any atom is -0.507 e. The third kappa shape index (κ3) is 3.51. The van der Waals surface area contributed by atoms with E-state index in [9.17, 15) is 14.7 Å². The quantitative estimate of drug-likeness (QED) is 0.515. The number of fused-ring (bicyclic) bond motifs is 1. The Bertz CT molecular complexity index is 1070. The van der Waals surface area contributed by atoms with E-state index in [1.54, 1.807) is 42.5 Å². The largest absolute Gasteiger partial charge is 0.507 e. The molecule has 0 unspecified atom stereocenters. The van der Waals surface area contributed by atoms with Gasteiger partial charge in [0.05, 0.1) is 38.7 Å². The summed E-state index contributed by atoms with van der Waals surface area (Å²) in [5, 5.41) is 11.2. The van der Waals surface area contributed by atoms with Crippen LogP contribution in [0.3, 0.4) is 0 Å². The predicted molar refractivity (Wildman–Crippen MR) is 102 cm³/mol. The van der Waals surface area contributed by atoms with Crippen LogP contribution in [0.25, 0.3) is 11.0 Å². The van der Waals surface area contributed by atoms with Crippen molar-refractivity contribution in [3.8, 4) is 17.2 Å². The smallest absolute Gasteiger partial charge is 0.343 e. The molecule has 0 amide bonds. The van der Waals surface area contributed by atoms with Crippen LogP contribution in [0.4, 0.5) is 0 Å². The van der Waals surface area contributed by atoms with E-state index in [2.05, 4.69) is 0 Å². The highest BCUT2D eigenvalue weighted by Gasteiger charge is 2.29. The molecule has 0 saturated heterocycles. The number of esters is 1. The van der Waals surface area contributed by atoms with Crippen LogP contribution in [-0.4, -0.2) is 32.4 Å². The summed E-state index contributed by atoms with van der Waals surface area (Å²) in [5.74, 6) is -0.671. The maximum absolute atomic E-state index is 12.7. The molecule has 0 spiro atoms. The lowest BCUT2D eigenvalue weighted by atomic mass is 9.87. The molecule has 146 valence electrons. The van der Waals surface area contributed by atoms with Gasteiger partial charge in [-0.3, -0.25) is 4.79 Å². The molecule has 28 heavy (non-hydrogen) atoms. The van der Waals surface area contributed by atoms with Gasteiger partial charge in [0.1, 0.15) is 22.8 Å². The van der Waals surface area contributed by atoms with E-state index in [0.717, 1.165) is 0 Å². The fourth-order valence-electron chi connectivity index (χ4n) is 3.18. The molecule has 0 radical (unpaired) electrons. The van der Waals surface area contributed by atoms with Crippen LogP contribution in [0.1, 0.15) is 23.5 Å². The van der Waals surface area contributed by atoms with E-state index < -0.39 is 17.5 Å². The lowest BCUT2D eigenvalue weighted by Gasteiger charge is -2.20. The van der Waals surface area contributed by atoms with Gasteiger partial charge in [0.15, 0.2) is 0 Å². The average Bonchev–Trinajstić information content (AvgIpc) is 2.72. The summed E-state index contributed by atoms with van der Waals surface area (Å²) in [4.78, 5) is 24.8. The van der Waals surface area contributed by atoms with E-state index in [4.69, 9.17) is 18.6 Å². The molecular weight excluding hydrogens is 364 g/mol. The van der Waals surface area contributed by atoms with Crippen molar-refractivity contribution in [2.75, 3.05) is 21.3 Å². The van der Waals surface area contributed by atoms with E-state index in [1.165, 1.54) is 21.3 Å². The maximum Gasteiger partial charge on any atom is 0.343 e. The molecule has 0 fully saturated rings. The van der Waals surface area contributed by atoms with Crippen molar-refractivity contribution >= 4 is 16.9 Å². The van der Waals surface area contributed by atoms with Crippen LogP contribution in [0.2, 0.25) is 0 Å². The number of hydrogen-bond donors (Lipinski definition) is 1. The molecular formula is C21H20O7. The summed E-state index contributed by atoms with van der Waals surface area (Å²) >= 11 is 0. The zero-order valence-electron chi connectivity index (χ0n) is 15.7. The van der Waals surface area contributed by atoms with Crippen LogP contribution >= 0.6 is 0 Å². The number of benzene rings is 2. The summed E-state index contributed by atoms with van der Waals surface area (Å²) in [7, 11) is 4.24. The van der Waals surface area contributed by atoms with Crippen LogP contribution in [0.15, 0.2) is 51.7 Å². The van der Waals surface area contributed by atoms with Crippen molar-refractivity contribution in [1.82, 2.24) is 0 Å². The summed E-state index contributed by atoms with van der Waals surface area (Å²) in [6, 6.07) is 11.6. The molecule has 3 rings (SSSR count). The molecule has 2 aromatic carbocycles. The number of hydrogen-bond acceptors (Lipinski definition) is 7. The first-order chi connectivity index (χ1) is 13.5. The Labute approximate surface area is 161 Å². The van der Waals surface area contributed by atoms with Crippen LogP contribution in [-0.2, 0) is 9.53 Å². The van der Waals surface area contributed by atoms with E-state index in [-0.39, 0.29) is 23.3 Å². The molecule has 0 aliphatic heterocycles. The second-order valence-electron chi connectivity index (χ2n) is 6.09. The molecule has 0 bridgehead atoms. The van der Waals surface area contributed by atoms with E-state index >= 15 is 0 Å². The Morgan fingerprint density at radius 1 is 1.11 bits per heavy atom. The standard InChI is InChI=1S/C21H20O7/c1-25-12-8-9-13(17(10-12)26-2)15(11-18(22)27-3)19-20(23)14-6-4-5-7-16(14)28-21(19)24/h4-10,15,23H,11H2,1-3H3/t15-/m1/s1. The van der Waals surface area contributed by atoms with Gasteiger partial charge in [0.2, 0.25) is 0 Å². The first kappa shape index (κ1) is 19.3. The van der Waals surface area contributed by atoms with Crippen molar-refractivity contribution < 1.29 is 28.5 Å². The summed E-state index contributed by atoms with van der Waals surface area (Å²) in [6.45, 7) is 0.